The molecule has 0 radical (unpaired) electrons. The van der Waals surface area contributed by atoms with Crippen molar-refractivity contribution in [2.24, 2.45) is 0 Å². The van der Waals surface area contributed by atoms with Crippen LogP contribution in [0.25, 0.3) is 0 Å². The van der Waals surface area contributed by atoms with Crippen LogP contribution < -0.4 is 5.32 Å². The van der Waals surface area contributed by atoms with Gasteiger partial charge >= 0.3 is 0 Å². The van der Waals surface area contributed by atoms with Gasteiger partial charge in [0, 0.05) is 25.0 Å². The van der Waals surface area contributed by atoms with Gasteiger partial charge in [-0.2, -0.15) is 0 Å². The van der Waals surface area contributed by atoms with Gasteiger partial charge in [-0.15, -0.1) is 11.3 Å². The molecule has 2 aromatic heterocycles. The molecule has 1 atom stereocenters. The lowest BCUT2D eigenvalue weighted by Crippen LogP contribution is -2.35. The summed E-state index contributed by atoms with van der Waals surface area (Å²) in [5, 5.41) is 2.91. The van der Waals surface area contributed by atoms with E-state index in [-0.39, 0.29) is 11.9 Å². The number of nitrogens with zero attached hydrogens (tertiary/aromatic N) is 2. The second-order valence-electron chi connectivity index (χ2n) is 3.74. The van der Waals surface area contributed by atoms with Gasteiger partial charge in [-0.1, -0.05) is 11.6 Å². The van der Waals surface area contributed by atoms with Gasteiger partial charge in [-0.25, -0.2) is 4.98 Å². The number of amides is 1. The number of carbonyl (C=O) groups is 1. The van der Waals surface area contributed by atoms with Crippen LogP contribution in [0.2, 0.25) is 4.34 Å². The Labute approximate surface area is 108 Å². The molecule has 1 N–H and O–H groups in total. The number of rotatable bonds is 4. The fraction of sp³-hybridized carbons (Fsp3) is 0.273. The summed E-state index contributed by atoms with van der Waals surface area (Å²) in [4.78, 5) is 16.4. The Hall–Kier alpha value is -1.33. The third-order valence-electron chi connectivity index (χ3n) is 2.22. The van der Waals surface area contributed by atoms with Crippen LogP contribution in [0.5, 0.6) is 0 Å². The highest BCUT2D eigenvalue weighted by Crippen LogP contribution is 2.21. The quantitative estimate of drug-likeness (QED) is 0.927. The maximum Gasteiger partial charge on any atom is 0.261 e. The van der Waals surface area contributed by atoms with Crippen molar-refractivity contribution in [3.63, 3.8) is 0 Å². The van der Waals surface area contributed by atoms with Gasteiger partial charge in [-0.05, 0) is 19.1 Å². The molecule has 2 heterocycles. The van der Waals surface area contributed by atoms with E-state index < -0.39 is 0 Å². The molecule has 0 aliphatic rings. The molecule has 90 valence electrons. The maximum atomic E-state index is 11.8. The predicted octanol–water partition coefficient (Wildman–Crippen LogP) is 2.42. The molecular weight excluding hydrogens is 258 g/mol. The summed E-state index contributed by atoms with van der Waals surface area (Å²) in [5.41, 5.74) is 0. The van der Waals surface area contributed by atoms with Crippen molar-refractivity contribution in [3.05, 3.63) is 40.1 Å². The monoisotopic (exact) mass is 269 g/mol. The highest BCUT2D eigenvalue weighted by Gasteiger charge is 2.11. The second kappa shape index (κ2) is 5.33. The minimum atomic E-state index is -0.0884. The van der Waals surface area contributed by atoms with E-state index >= 15 is 0 Å². The van der Waals surface area contributed by atoms with Crippen LogP contribution >= 0.6 is 22.9 Å². The largest absolute Gasteiger partial charge is 0.347 e. The first-order valence-corrected chi connectivity index (χ1v) is 6.36. The zero-order valence-electron chi connectivity index (χ0n) is 9.26. The van der Waals surface area contributed by atoms with Gasteiger partial charge in [0.05, 0.1) is 15.5 Å². The number of carbonyl (C=O) groups excluding carboxylic acids is 1. The number of hydrogen-bond acceptors (Lipinski definition) is 3. The molecule has 0 aliphatic heterocycles. The molecule has 1 unspecified atom stereocenters. The molecule has 1 amide bonds. The molecule has 0 saturated carbocycles. The van der Waals surface area contributed by atoms with Gasteiger partial charge in [0.2, 0.25) is 0 Å². The molecule has 0 aromatic carbocycles. The molecule has 2 rings (SSSR count). The minimum absolute atomic E-state index is 0.0394. The van der Waals surface area contributed by atoms with Crippen molar-refractivity contribution in [1.82, 2.24) is 14.9 Å². The van der Waals surface area contributed by atoms with Crippen LogP contribution in [0.1, 0.15) is 16.6 Å². The van der Waals surface area contributed by atoms with Crippen LogP contribution in [-0.2, 0) is 6.54 Å². The Morgan fingerprint density at radius 1 is 1.65 bits per heavy atom. The number of nitrogens with one attached hydrogen (secondary N) is 1. The zero-order valence-corrected chi connectivity index (χ0v) is 10.8. The molecule has 0 fully saturated rings. The van der Waals surface area contributed by atoms with E-state index in [1.807, 2.05) is 17.7 Å². The van der Waals surface area contributed by atoms with Gasteiger partial charge in [-0.3, -0.25) is 4.79 Å². The molecule has 0 saturated heterocycles. The Bertz CT molecular complexity index is 495. The highest BCUT2D eigenvalue weighted by molar-refractivity contribution is 7.17. The van der Waals surface area contributed by atoms with Crippen LogP contribution in [0.4, 0.5) is 0 Å². The summed E-state index contributed by atoms with van der Waals surface area (Å²) in [6, 6.07) is 3.49. The summed E-state index contributed by atoms with van der Waals surface area (Å²) < 4.78 is 2.55. The van der Waals surface area contributed by atoms with Crippen molar-refractivity contribution in [3.8, 4) is 0 Å². The Morgan fingerprint density at radius 2 is 2.47 bits per heavy atom. The lowest BCUT2D eigenvalue weighted by molar-refractivity contribution is 0.0941. The first-order valence-electron chi connectivity index (χ1n) is 5.17. The predicted molar refractivity (Wildman–Crippen MR) is 68.5 cm³/mol. The van der Waals surface area contributed by atoms with E-state index in [0.717, 1.165) is 0 Å². The third kappa shape index (κ3) is 3.31. The van der Waals surface area contributed by atoms with Crippen molar-refractivity contribution >= 4 is 28.8 Å². The first-order chi connectivity index (χ1) is 8.15. The van der Waals surface area contributed by atoms with E-state index in [4.69, 9.17) is 11.6 Å². The maximum absolute atomic E-state index is 11.8. The molecular formula is C11H12ClN3OS. The van der Waals surface area contributed by atoms with Crippen molar-refractivity contribution < 1.29 is 4.79 Å². The van der Waals surface area contributed by atoms with Gasteiger partial charge < -0.3 is 9.88 Å². The SMILES string of the molecule is CC(Cn1ccnc1)NC(=O)c1ccc(Cl)s1. The van der Waals surface area contributed by atoms with E-state index in [2.05, 4.69) is 10.3 Å². The molecule has 0 bridgehead atoms. The van der Waals surface area contributed by atoms with Crippen LogP contribution in [0.3, 0.4) is 0 Å². The average Bonchev–Trinajstić information content (AvgIpc) is 2.89. The Balaban J connectivity index is 1.90. The number of hydrogen-bond donors (Lipinski definition) is 1. The first kappa shape index (κ1) is 12.1. The topological polar surface area (TPSA) is 46.9 Å². The third-order valence-corrected chi connectivity index (χ3v) is 3.45. The van der Waals surface area contributed by atoms with Gasteiger partial charge in [0.15, 0.2) is 0 Å². The minimum Gasteiger partial charge on any atom is -0.347 e. The molecule has 0 spiro atoms. The lowest BCUT2D eigenvalue weighted by Gasteiger charge is -2.13. The smallest absolute Gasteiger partial charge is 0.261 e. The van der Waals surface area contributed by atoms with E-state index in [0.29, 0.717) is 15.8 Å². The normalized spacial score (nSPS) is 12.4. The molecule has 4 nitrogen and oxygen atoms in total. The number of imidazole rings is 1. The fourth-order valence-electron chi connectivity index (χ4n) is 1.49. The number of thiophene rings is 1. The van der Waals surface area contributed by atoms with Crippen LogP contribution in [-0.4, -0.2) is 21.5 Å². The summed E-state index contributed by atoms with van der Waals surface area (Å²) in [7, 11) is 0. The van der Waals surface area contributed by atoms with E-state index in [1.165, 1.54) is 11.3 Å². The lowest BCUT2D eigenvalue weighted by atomic mass is 10.3. The van der Waals surface area contributed by atoms with Crippen LogP contribution in [0, 0.1) is 0 Å². The number of halogens is 1. The van der Waals surface area contributed by atoms with E-state index in [1.54, 1.807) is 24.7 Å². The molecule has 2 aromatic rings. The number of aromatic nitrogens is 2. The zero-order chi connectivity index (χ0) is 12.3. The highest BCUT2D eigenvalue weighted by atomic mass is 35.5. The summed E-state index contributed by atoms with van der Waals surface area (Å²) in [6.07, 6.45) is 5.31. The summed E-state index contributed by atoms with van der Waals surface area (Å²) in [5.74, 6) is -0.0884. The second-order valence-corrected chi connectivity index (χ2v) is 5.45. The standard InChI is InChI=1S/C11H12ClN3OS/c1-8(6-15-5-4-13-7-15)14-11(16)9-2-3-10(12)17-9/h2-5,7-8H,6H2,1H3,(H,14,16). The molecule has 17 heavy (non-hydrogen) atoms. The summed E-state index contributed by atoms with van der Waals surface area (Å²) >= 11 is 7.06. The van der Waals surface area contributed by atoms with Gasteiger partial charge in [0.25, 0.3) is 5.91 Å². The fourth-order valence-corrected chi connectivity index (χ4v) is 2.43. The van der Waals surface area contributed by atoms with E-state index in [9.17, 15) is 4.79 Å². The average molecular weight is 270 g/mol. The van der Waals surface area contributed by atoms with Crippen molar-refractivity contribution in [2.75, 3.05) is 0 Å². The van der Waals surface area contributed by atoms with Gasteiger partial charge in [0.1, 0.15) is 0 Å². The Morgan fingerprint density at radius 3 is 3.06 bits per heavy atom. The molecule has 6 heteroatoms. The van der Waals surface area contributed by atoms with Crippen LogP contribution in [0.15, 0.2) is 30.9 Å². The molecule has 0 aliphatic carbocycles. The van der Waals surface area contributed by atoms with Crippen molar-refractivity contribution in [1.29, 1.82) is 0 Å². The Kier molecular flexibility index (Phi) is 3.81. The van der Waals surface area contributed by atoms with Crippen molar-refractivity contribution in [2.45, 2.75) is 19.5 Å². The summed E-state index contributed by atoms with van der Waals surface area (Å²) in [6.45, 7) is 2.65.